The number of hydrogen-bond acceptors (Lipinski definition) is 2. The molecule has 1 atom stereocenters. The van der Waals surface area contributed by atoms with Gasteiger partial charge in [0.05, 0.1) is 0 Å². The standard InChI is InChI=1S/C15H24N2O/c1-4-6-11-16-15(18)12(3)17-14-9-7-13(5-2)8-10-14/h7-10,12,17H,4-6,11H2,1-3H3,(H,16,18). The molecule has 0 fully saturated rings. The summed E-state index contributed by atoms with van der Waals surface area (Å²) in [5.74, 6) is 0.0584. The Balaban J connectivity index is 2.42. The summed E-state index contributed by atoms with van der Waals surface area (Å²) < 4.78 is 0. The van der Waals surface area contributed by atoms with E-state index in [1.54, 1.807) is 0 Å². The Morgan fingerprint density at radius 2 is 1.89 bits per heavy atom. The zero-order valence-corrected chi connectivity index (χ0v) is 11.6. The molecule has 0 aliphatic heterocycles. The minimum absolute atomic E-state index is 0.0584. The Labute approximate surface area is 110 Å². The van der Waals surface area contributed by atoms with Crippen LogP contribution in [0.4, 0.5) is 5.69 Å². The Bertz CT molecular complexity index is 359. The van der Waals surface area contributed by atoms with Gasteiger partial charge >= 0.3 is 0 Å². The van der Waals surface area contributed by atoms with Gasteiger partial charge in [0.25, 0.3) is 0 Å². The van der Waals surface area contributed by atoms with Crippen LogP contribution in [0.25, 0.3) is 0 Å². The lowest BCUT2D eigenvalue weighted by atomic mass is 10.1. The lowest BCUT2D eigenvalue weighted by Crippen LogP contribution is -2.37. The molecule has 3 heteroatoms. The fraction of sp³-hybridized carbons (Fsp3) is 0.533. The van der Waals surface area contributed by atoms with Crippen LogP contribution in [0.2, 0.25) is 0 Å². The van der Waals surface area contributed by atoms with Gasteiger partial charge in [-0.1, -0.05) is 32.4 Å². The van der Waals surface area contributed by atoms with Crippen molar-refractivity contribution in [3.63, 3.8) is 0 Å². The quantitative estimate of drug-likeness (QED) is 0.728. The highest BCUT2D eigenvalue weighted by molar-refractivity contribution is 5.84. The summed E-state index contributed by atoms with van der Waals surface area (Å²) >= 11 is 0. The topological polar surface area (TPSA) is 41.1 Å². The summed E-state index contributed by atoms with van der Waals surface area (Å²) in [6.07, 6.45) is 3.16. The van der Waals surface area contributed by atoms with Gasteiger partial charge in [-0.3, -0.25) is 4.79 Å². The Hall–Kier alpha value is -1.51. The highest BCUT2D eigenvalue weighted by Crippen LogP contribution is 2.11. The van der Waals surface area contributed by atoms with E-state index in [9.17, 15) is 4.79 Å². The first kappa shape index (κ1) is 14.6. The van der Waals surface area contributed by atoms with E-state index >= 15 is 0 Å². The van der Waals surface area contributed by atoms with E-state index in [0.717, 1.165) is 31.5 Å². The monoisotopic (exact) mass is 248 g/mol. The molecule has 0 radical (unpaired) electrons. The van der Waals surface area contributed by atoms with Crippen molar-refractivity contribution in [3.8, 4) is 0 Å². The van der Waals surface area contributed by atoms with Crippen molar-refractivity contribution in [2.24, 2.45) is 0 Å². The van der Waals surface area contributed by atoms with Crippen LogP contribution >= 0.6 is 0 Å². The first-order valence-electron chi connectivity index (χ1n) is 6.80. The third-order valence-corrected chi connectivity index (χ3v) is 2.97. The molecule has 1 unspecified atom stereocenters. The van der Waals surface area contributed by atoms with Gasteiger partial charge in [-0.15, -0.1) is 0 Å². The maximum Gasteiger partial charge on any atom is 0.242 e. The smallest absolute Gasteiger partial charge is 0.242 e. The largest absolute Gasteiger partial charge is 0.374 e. The molecule has 3 nitrogen and oxygen atoms in total. The number of anilines is 1. The van der Waals surface area contributed by atoms with E-state index in [2.05, 4.69) is 36.6 Å². The van der Waals surface area contributed by atoms with Crippen molar-refractivity contribution in [1.29, 1.82) is 0 Å². The highest BCUT2D eigenvalue weighted by Gasteiger charge is 2.11. The predicted octanol–water partition coefficient (Wildman–Crippen LogP) is 2.97. The van der Waals surface area contributed by atoms with Gasteiger partial charge in [0.15, 0.2) is 0 Å². The normalized spacial score (nSPS) is 11.9. The van der Waals surface area contributed by atoms with Gasteiger partial charge < -0.3 is 10.6 Å². The maximum absolute atomic E-state index is 11.8. The molecule has 1 rings (SSSR count). The van der Waals surface area contributed by atoms with Gasteiger partial charge in [-0.2, -0.15) is 0 Å². The van der Waals surface area contributed by atoms with Crippen LogP contribution in [0.1, 0.15) is 39.2 Å². The fourth-order valence-corrected chi connectivity index (χ4v) is 1.69. The average molecular weight is 248 g/mol. The lowest BCUT2D eigenvalue weighted by Gasteiger charge is -2.15. The number of benzene rings is 1. The fourth-order valence-electron chi connectivity index (χ4n) is 1.69. The predicted molar refractivity (Wildman–Crippen MR) is 76.8 cm³/mol. The first-order chi connectivity index (χ1) is 8.67. The molecular weight excluding hydrogens is 224 g/mol. The third kappa shape index (κ3) is 4.78. The highest BCUT2D eigenvalue weighted by atomic mass is 16.2. The van der Waals surface area contributed by atoms with Crippen LogP contribution in [-0.2, 0) is 11.2 Å². The summed E-state index contributed by atoms with van der Waals surface area (Å²) in [7, 11) is 0. The zero-order valence-electron chi connectivity index (χ0n) is 11.6. The van der Waals surface area contributed by atoms with Gasteiger partial charge in [-0.05, 0) is 37.5 Å². The van der Waals surface area contributed by atoms with E-state index in [0.29, 0.717) is 0 Å². The van der Waals surface area contributed by atoms with Crippen molar-refractivity contribution in [3.05, 3.63) is 29.8 Å². The molecule has 1 amide bonds. The average Bonchev–Trinajstić information content (AvgIpc) is 2.39. The molecule has 0 saturated carbocycles. The maximum atomic E-state index is 11.8. The molecule has 100 valence electrons. The molecule has 0 aliphatic rings. The number of amides is 1. The summed E-state index contributed by atoms with van der Waals surface area (Å²) in [6.45, 7) is 6.89. The molecule has 0 saturated heterocycles. The third-order valence-electron chi connectivity index (χ3n) is 2.97. The molecule has 1 aromatic rings. The van der Waals surface area contributed by atoms with Gasteiger partial charge in [0.2, 0.25) is 5.91 Å². The van der Waals surface area contributed by atoms with Gasteiger partial charge in [-0.25, -0.2) is 0 Å². The minimum Gasteiger partial charge on any atom is -0.374 e. The number of carbonyl (C=O) groups excluding carboxylic acids is 1. The van der Waals surface area contributed by atoms with E-state index < -0.39 is 0 Å². The number of unbranched alkanes of at least 4 members (excludes halogenated alkanes) is 1. The minimum atomic E-state index is -0.200. The van der Waals surface area contributed by atoms with Crippen LogP contribution in [0, 0.1) is 0 Å². The van der Waals surface area contributed by atoms with Crippen LogP contribution < -0.4 is 10.6 Å². The number of carbonyl (C=O) groups is 1. The zero-order chi connectivity index (χ0) is 13.4. The second kappa shape index (κ2) is 7.75. The molecule has 2 N–H and O–H groups in total. The lowest BCUT2D eigenvalue weighted by molar-refractivity contribution is -0.121. The Morgan fingerprint density at radius 1 is 1.22 bits per heavy atom. The van der Waals surface area contributed by atoms with E-state index in [1.165, 1.54) is 5.56 Å². The SMILES string of the molecule is CCCCNC(=O)C(C)Nc1ccc(CC)cc1. The summed E-state index contributed by atoms with van der Waals surface area (Å²) in [5.41, 5.74) is 2.30. The number of nitrogens with one attached hydrogen (secondary N) is 2. The number of aryl methyl sites for hydroxylation is 1. The summed E-state index contributed by atoms with van der Waals surface area (Å²) in [4.78, 5) is 11.8. The Morgan fingerprint density at radius 3 is 2.44 bits per heavy atom. The van der Waals surface area contributed by atoms with Crippen LogP contribution in [-0.4, -0.2) is 18.5 Å². The van der Waals surface area contributed by atoms with Crippen molar-refractivity contribution >= 4 is 11.6 Å². The molecule has 0 heterocycles. The molecule has 1 aromatic carbocycles. The van der Waals surface area contributed by atoms with Crippen molar-refractivity contribution < 1.29 is 4.79 Å². The molecule has 0 aromatic heterocycles. The van der Waals surface area contributed by atoms with Crippen molar-refractivity contribution in [2.45, 2.75) is 46.1 Å². The molecular formula is C15H24N2O. The van der Waals surface area contributed by atoms with Gasteiger partial charge in [0.1, 0.15) is 6.04 Å². The van der Waals surface area contributed by atoms with Crippen LogP contribution in [0.15, 0.2) is 24.3 Å². The Kier molecular flexibility index (Phi) is 6.26. The second-order valence-electron chi connectivity index (χ2n) is 4.56. The number of rotatable bonds is 7. The molecule has 0 spiro atoms. The van der Waals surface area contributed by atoms with Crippen molar-refractivity contribution in [2.75, 3.05) is 11.9 Å². The molecule has 18 heavy (non-hydrogen) atoms. The van der Waals surface area contributed by atoms with Crippen molar-refractivity contribution in [1.82, 2.24) is 5.32 Å². The molecule has 0 aliphatic carbocycles. The summed E-state index contributed by atoms with van der Waals surface area (Å²) in [6, 6.07) is 8.02. The second-order valence-corrected chi connectivity index (χ2v) is 4.56. The van der Waals surface area contributed by atoms with Gasteiger partial charge in [0, 0.05) is 12.2 Å². The van der Waals surface area contributed by atoms with E-state index in [-0.39, 0.29) is 11.9 Å². The van der Waals surface area contributed by atoms with E-state index in [4.69, 9.17) is 0 Å². The van der Waals surface area contributed by atoms with Crippen LogP contribution in [0.5, 0.6) is 0 Å². The van der Waals surface area contributed by atoms with Crippen LogP contribution in [0.3, 0.4) is 0 Å². The summed E-state index contributed by atoms with van der Waals surface area (Å²) in [5, 5.41) is 6.13. The van der Waals surface area contributed by atoms with E-state index in [1.807, 2.05) is 19.1 Å². The molecule has 0 bridgehead atoms. The first-order valence-corrected chi connectivity index (χ1v) is 6.80. The number of hydrogen-bond donors (Lipinski definition) is 2.